The minimum absolute atomic E-state index is 0.629. The molecule has 88 valence electrons. The molecule has 0 bridgehead atoms. The van der Waals surface area contributed by atoms with Gasteiger partial charge in [-0.2, -0.15) is 0 Å². The zero-order valence-electron chi connectivity index (χ0n) is 9.95. The van der Waals surface area contributed by atoms with E-state index < -0.39 is 0 Å². The molecule has 1 aliphatic carbocycles. The van der Waals surface area contributed by atoms with Crippen LogP contribution in [0.2, 0.25) is 0 Å². The van der Waals surface area contributed by atoms with Crippen LogP contribution in [0.15, 0.2) is 18.3 Å². The third-order valence-corrected chi connectivity index (χ3v) is 3.39. The van der Waals surface area contributed by atoms with Gasteiger partial charge in [0, 0.05) is 12.2 Å². The van der Waals surface area contributed by atoms with Gasteiger partial charge >= 0.3 is 0 Å². The van der Waals surface area contributed by atoms with Gasteiger partial charge in [0.05, 0.1) is 0 Å². The molecule has 3 N–H and O–H groups in total. The Morgan fingerprint density at radius 2 is 2.38 bits per heavy atom. The number of hydrogen-bond donors (Lipinski definition) is 2. The van der Waals surface area contributed by atoms with Crippen LogP contribution in [-0.4, -0.2) is 18.1 Å². The van der Waals surface area contributed by atoms with E-state index in [0.29, 0.717) is 5.82 Å². The van der Waals surface area contributed by atoms with Crippen molar-refractivity contribution in [1.82, 2.24) is 10.3 Å². The summed E-state index contributed by atoms with van der Waals surface area (Å²) in [6, 6.07) is 4.76. The monoisotopic (exact) mass is 219 g/mol. The number of nitrogen functional groups attached to an aromatic ring is 1. The molecule has 1 heterocycles. The average molecular weight is 219 g/mol. The number of nitrogens with two attached hydrogens (primary N) is 1. The molecule has 1 aliphatic rings. The Balaban J connectivity index is 1.74. The molecule has 0 aliphatic heterocycles. The van der Waals surface area contributed by atoms with Crippen molar-refractivity contribution in [3.63, 3.8) is 0 Å². The first-order valence-electron chi connectivity index (χ1n) is 6.17. The van der Waals surface area contributed by atoms with Crippen molar-refractivity contribution in [2.45, 2.75) is 38.1 Å². The molecule has 16 heavy (non-hydrogen) atoms. The van der Waals surface area contributed by atoms with Crippen LogP contribution in [0, 0.1) is 5.92 Å². The van der Waals surface area contributed by atoms with Gasteiger partial charge in [0.25, 0.3) is 0 Å². The van der Waals surface area contributed by atoms with Crippen LogP contribution >= 0.6 is 0 Å². The second kappa shape index (κ2) is 5.30. The first-order chi connectivity index (χ1) is 7.79. The molecule has 0 aromatic carbocycles. The van der Waals surface area contributed by atoms with Crippen molar-refractivity contribution in [1.29, 1.82) is 0 Å². The summed E-state index contributed by atoms with van der Waals surface area (Å²) >= 11 is 0. The maximum atomic E-state index is 5.65. The Labute approximate surface area is 97.5 Å². The van der Waals surface area contributed by atoms with Crippen LogP contribution in [0.1, 0.15) is 31.2 Å². The van der Waals surface area contributed by atoms with Gasteiger partial charge in [0.15, 0.2) is 0 Å². The normalized spacial score (nSPS) is 17.3. The zero-order valence-corrected chi connectivity index (χ0v) is 9.95. The highest BCUT2D eigenvalue weighted by Gasteiger charge is 2.29. The highest BCUT2D eigenvalue weighted by molar-refractivity contribution is 5.31. The van der Waals surface area contributed by atoms with Crippen LogP contribution in [0.5, 0.6) is 0 Å². The summed E-state index contributed by atoms with van der Waals surface area (Å²) in [5, 5.41) is 3.42. The molecule has 1 unspecified atom stereocenters. The summed E-state index contributed by atoms with van der Waals surface area (Å²) in [7, 11) is 2.08. The van der Waals surface area contributed by atoms with E-state index in [0.717, 1.165) is 18.4 Å². The number of aryl methyl sites for hydroxylation is 1. The fraction of sp³-hybridized carbons (Fsp3) is 0.615. The standard InChI is InChI=1S/C13H21N3/c1-15-12(11-5-6-11)4-2-3-10-7-8-16-13(14)9-10/h7-9,11-12,15H,2-6H2,1H3,(H2,14,16). The van der Waals surface area contributed by atoms with Crippen LogP contribution < -0.4 is 11.1 Å². The molecule has 0 amide bonds. The van der Waals surface area contributed by atoms with Crippen molar-refractivity contribution in [3.05, 3.63) is 23.9 Å². The Bertz CT molecular complexity index is 334. The molecule has 1 aromatic heterocycles. The van der Waals surface area contributed by atoms with Gasteiger partial charge in [-0.3, -0.25) is 0 Å². The van der Waals surface area contributed by atoms with E-state index in [-0.39, 0.29) is 0 Å². The predicted octanol–water partition coefficient (Wildman–Crippen LogP) is 1.98. The van der Waals surface area contributed by atoms with Crippen LogP contribution in [0.3, 0.4) is 0 Å². The lowest BCUT2D eigenvalue weighted by atomic mass is 10.0. The summed E-state index contributed by atoms with van der Waals surface area (Å²) in [4.78, 5) is 4.00. The molecule has 1 aromatic rings. The van der Waals surface area contributed by atoms with E-state index in [9.17, 15) is 0 Å². The molecular weight excluding hydrogens is 198 g/mol. The summed E-state index contributed by atoms with van der Waals surface area (Å²) in [6.07, 6.45) is 8.22. The minimum atomic E-state index is 0.629. The van der Waals surface area contributed by atoms with Gasteiger partial charge in [-0.25, -0.2) is 4.98 Å². The van der Waals surface area contributed by atoms with Gasteiger partial charge in [-0.15, -0.1) is 0 Å². The SMILES string of the molecule is CNC(CCCc1ccnc(N)c1)C1CC1. The van der Waals surface area contributed by atoms with Gasteiger partial charge < -0.3 is 11.1 Å². The van der Waals surface area contributed by atoms with Crippen molar-refractivity contribution in [2.75, 3.05) is 12.8 Å². The van der Waals surface area contributed by atoms with Gasteiger partial charge in [0.2, 0.25) is 0 Å². The topological polar surface area (TPSA) is 50.9 Å². The first kappa shape index (κ1) is 11.4. The van der Waals surface area contributed by atoms with E-state index in [1.807, 2.05) is 6.07 Å². The molecule has 1 atom stereocenters. The van der Waals surface area contributed by atoms with E-state index >= 15 is 0 Å². The highest BCUT2D eigenvalue weighted by atomic mass is 14.9. The number of nitrogens with one attached hydrogen (secondary N) is 1. The van der Waals surface area contributed by atoms with Gasteiger partial charge in [-0.05, 0) is 62.8 Å². The lowest BCUT2D eigenvalue weighted by Crippen LogP contribution is -2.27. The second-order valence-electron chi connectivity index (χ2n) is 4.71. The van der Waals surface area contributed by atoms with Crippen molar-refractivity contribution in [2.24, 2.45) is 5.92 Å². The molecule has 0 saturated heterocycles. The van der Waals surface area contributed by atoms with Crippen LogP contribution in [-0.2, 0) is 6.42 Å². The maximum absolute atomic E-state index is 5.65. The average Bonchev–Trinajstić information content (AvgIpc) is 3.08. The molecular formula is C13H21N3. The first-order valence-corrected chi connectivity index (χ1v) is 6.17. The number of pyridine rings is 1. The van der Waals surface area contributed by atoms with Crippen molar-refractivity contribution >= 4 is 5.82 Å². The smallest absolute Gasteiger partial charge is 0.123 e. The van der Waals surface area contributed by atoms with Crippen LogP contribution in [0.25, 0.3) is 0 Å². The Morgan fingerprint density at radius 1 is 1.56 bits per heavy atom. The molecule has 2 rings (SSSR count). The quantitative estimate of drug-likeness (QED) is 0.769. The Kier molecular flexibility index (Phi) is 3.78. The molecule has 1 fully saturated rings. The van der Waals surface area contributed by atoms with E-state index in [2.05, 4.69) is 23.4 Å². The summed E-state index contributed by atoms with van der Waals surface area (Å²) in [5.41, 5.74) is 6.95. The summed E-state index contributed by atoms with van der Waals surface area (Å²) in [6.45, 7) is 0. The van der Waals surface area contributed by atoms with Crippen molar-refractivity contribution < 1.29 is 0 Å². The maximum Gasteiger partial charge on any atom is 0.123 e. The van der Waals surface area contributed by atoms with E-state index in [4.69, 9.17) is 5.73 Å². The fourth-order valence-electron chi connectivity index (χ4n) is 2.29. The largest absolute Gasteiger partial charge is 0.384 e. The zero-order chi connectivity index (χ0) is 11.4. The second-order valence-corrected chi connectivity index (χ2v) is 4.71. The lowest BCUT2D eigenvalue weighted by Gasteiger charge is -2.14. The minimum Gasteiger partial charge on any atom is -0.384 e. The predicted molar refractivity (Wildman–Crippen MR) is 67.2 cm³/mol. The van der Waals surface area contributed by atoms with Gasteiger partial charge in [-0.1, -0.05) is 0 Å². The third kappa shape index (κ3) is 3.20. The number of anilines is 1. The summed E-state index contributed by atoms with van der Waals surface area (Å²) in [5.74, 6) is 1.57. The fourth-order valence-corrected chi connectivity index (χ4v) is 2.29. The molecule has 3 nitrogen and oxygen atoms in total. The lowest BCUT2D eigenvalue weighted by molar-refractivity contribution is 0.456. The Morgan fingerprint density at radius 3 is 3.00 bits per heavy atom. The molecule has 0 spiro atoms. The number of aromatic nitrogens is 1. The number of hydrogen-bond acceptors (Lipinski definition) is 3. The van der Waals surface area contributed by atoms with Crippen molar-refractivity contribution in [3.8, 4) is 0 Å². The molecule has 0 radical (unpaired) electrons. The summed E-state index contributed by atoms with van der Waals surface area (Å²) < 4.78 is 0. The Hall–Kier alpha value is -1.09. The van der Waals surface area contributed by atoms with E-state index in [1.165, 1.54) is 31.2 Å². The number of nitrogens with zero attached hydrogens (tertiary/aromatic N) is 1. The van der Waals surface area contributed by atoms with Crippen LogP contribution in [0.4, 0.5) is 5.82 Å². The number of rotatable bonds is 6. The third-order valence-electron chi connectivity index (χ3n) is 3.39. The van der Waals surface area contributed by atoms with E-state index in [1.54, 1.807) is 6.20 Å². The molecule has 3 heteroatoms. The highest BCUT2D eigenvalue weighted by Crippen LogP contribution is 2.34. The molecule has 1 saturated carbocycles. The van der Waals surface area contributed by atoms with Gasteiger partial charge in [0.1, 0.15) is 5.82 Å².